The predicted octanol–water partition coefficient (Wildman–Crippen LogP) is 2.72. The largest absolute Gasteiger partial charge is 0.378 e. The first-order valence-electron chi connectivity index (χ1n) is 14.1. The van der Waals surface area contributed by atoms with Crippen LogP contribution >= 0.6 is 0 Å². The molecule has 13 heteroatoms. The van der Waals surface area contributed by atoms with Crippen LogP contribution in [0.5, 0.6) is 0 Å². The third kappa shape index (κ3) is 5.67. The molecular weight excluding hydrogens is 534 g/mol. The Morgan fingerprint density at radius 3 is 2.68 bits per heavy atom. The predicted molar refractivity (Wildman–Crippen MR) is 148 cm³/mol. The van der Waals surface area contributed by atoms with E-state index in [1.165, 1.54) is 4.57 Å². The molecule has 3 saturated heterocycles. The summed E-state index contributed by atoms with van der Waals surface area (Å²) in [6.07, 6.45) is -0.938. The van der Waals surface area contributed by atoms with E-state index in [0.717, 1.165) is 6.42 Å². The molecule has 3 fully saturated rings. The second-order valence-corrected chi connectivity index (χ2v) is 10.9. The molecule has 0 bridgehead atoms. The van der Waals surface area contributed by atoms with E-state index in [2.05, 4.69) is 10.3 Å². The maximum Gasteiger partial charge on any atom is 0.296 e. The zero-order chi connectivity index (χ0) is 28.5. The van der Waals surface area contributed by atoms with Gasteiger partial charge in [-0.2, -0.15) is 9.97 Å². The highest BCUT2D eigenvalue weighted by Gasteiger charge is 2.34. The average Bonchev–Trinajstić information content (AvgIpc) is 3.63. The summed E-state index contributed by atoms with van der Waals surface area (Å²) < 4.78 is 35.1. The average molecular weight is 569 g/mol. The number of amides is 2. The highest BCUT2D eigenvalue weighted by atomic mass is 19.3. The summed E-state index contributed by atoms with van der Waals surface area (Å²) in [7, 11) is 1.75. The number of anilines is 2. The molecule has 1 aromatic carbocycles. The van der Waals surface area contributed by atoms with Gasteiger partial charge in [-0.05, 0) is 30.9 Å². The molecule has 0 saturated carbocycles. The summed E-state index contributed by atoms with van der Waals surface area (Å²) in [5.74, 6) is 1.14. The maximum absolute atomic E-state index is 14.1. The summed E-state index contributed by atoms with van der Waals surface area (Å²) in [4.78, 5) is 44.1. The Labute approximate surface area is 236 Å². The fourth-order valence-corrected chi connectivity index (χ4v) is 5.88. The van der Waals surface area contributed by atoms with Crippen LogP contribution < -0.4 is 10.2 Å². The van der Waals surface area contributed by atoms with Crippen LogP contribution in [-0.4, -0.2) is 101 Å². The Balaban J connectivity index is 1.22. The summed E-state index contributed by atoms with van der Waals surface area (Å²) in [5.41, 5.74) is 1.01. The van der Waals surface area contributed by atoms with Crippen LogP contribution in [0.3, 0.4) is 0 Å². The zero-order valence-electron chi connectivity index (χ0n) is 23.0. The molecule has 3 aliphatic rings. The first kappa shape index (κ1) is 27.3. The van der Waals surface area contributed by atoms with Crippen molar-refractivity contribution in [3.8, 4) is 5.82 Å². The molecule has 2 aromatic heterocycles. The zero-order valence-corrected chi connectivity index (χ0v) is 23.0. The Morgan fingerprint density at radius 1 is 1.10 bits per heavy atom. The number of morpholine rings is 1. The number of fused-ring (bicyclic) bond motifs is 1. The van der Waals surface area contributed by atoms with E-state index < -0.39 is 6.43 Å². The molecule has 2 amide bonds. The summed E-state index contributed by atoms with van der Waals surface area (Å²) in [6, 6.07) is 8.69. The van der Waals surface area contributed by atoms with Gasteiger partial charge in [0.25, 0.3) is 6.43 Å². The molecule has 3 aliphatic heterocycles. The van der Waals surface area contributed by atoms with Crippen LogP contribution in [-0.2, 0) is 14.3 Å². The number of likely N-dealkylation sites (tertiary alicyclic amines) is 2. The number of carbonyl (C=O) groups is 2. The van der Waals surface area contributed by atoms with E-state index in [1.54, 1.807) is 42.3 Å². The monoisotopic (exact) mass is 568 g/mol. The molecule has 218 valence electrons. The third-order valence-corrected chi connectivity index (χ3v) is 8.15. The van der Waals surface area contributed by atoms with Gasteiger partial charge < -0.3 is 24.8 Å². The number of nitrogens with zero attached hydrogens (tertiary/aromatic N) is 7. The van der Waals surface area contributed by atoms with E-state index >= 15 is 0 Å². The number of para-hydroxylation sites is 2. The normalized spacial score (nSPS) is 21.8. The van der Waals surface area contributed by atoms with Crippen molar-refractivity contribution < 1.29 is 23.1 Å². The number of nitrogens with one attached hydrogen (secondary N) is 1. The summed E-state index contributed by atoms with van der Waals surface area (Å²) in [5, 5.41) is 3.40. The lowest BCUT2D eigenvalue weighted by molar-refractivity contribution is -0.141. The molecule has 6 rings (SSSR count). The van der Waals surface area contributed by atoms with Gasteiger partial charge in [0.15, 0.2) is 5.82 Å². The number of rotatable bonds is 7. The Morgan fingerprint density at radius 2 is 1.90 bits per heavy atom. The molecule has 0 spiro atoms. The quantitative estimate of drug-likeness (QED) is 0.464. The van der Waals surface area contributed by atoms with Crippen LogP contribution in [0.1, 0.15) is 31.5 Å². The van der Waals surface area contributed by atoms with Gasteiger partial charge >= 0.3 is 0 Å². The topological polar surface area (TPSA) is 109 Å². The smallest absolute Gasteiger partial charge is 0.296 e. The van der Waals surface area contributed by atoms with Crippen LogP contribution in [0, 0.1) is 11.8 Å². The number of piperidine rings is 1. The van der Waals surface area contributed by atoms with E-state index in [-0.39, 0.29) is 29.5 Å². The van der Waals surface area contributed by atoms with Crippen molar-refractivity contribution >= 4 is 34.6 Å². The lowest BCUT2D eigenvalue weighted by Gasteiger charge is -2.31. The van der Waals surface area contributed by atoms with Crippen molar-refractivity contribution in [1.82, 2.24) is 29.3 Å². The molecule has 3 aromatic rings. The van der Waals surface area contributed by atoms with Gasteiger partial charge in [-0.1, -0.05) is 12.1 Å². The molecule has 11 nitrogen and oxygen atoms in total. The van der Waals surface area contributed by atoms with Crippen molar-refractivity contribution in [2.75, 3.05) is 69.7 Å². The second kappa shape index (κ2) is 11.6. The lowest BCUT2D eigenvalue weighted by atomic mass is 9.96. The molecule has 2 atom stereocenters. The Kier molecular flexibility index (Phi) is 7.69. The van der Waals surface area contributed by atoms with Gasteiger partial charge in [-0.15, -0.1) is 0 Å². The number of alkyl halides is 2. The maximum atomic E-state index is 14.1. The van der Waals surface area contributed by atoms with Gasteiger partial charge in [0.1, 0.15) is 11.6 Å². The molecule has 1 unspecified atom stereocenters. The van der Waals surface area contributed by atoms with Crippen molar-refractivity contribution in [1.29, 1.82) is 0 Å². The van der Waals surface area contributed by atoms with Crippen molar-refractivity contribution in [2.45, 2.75) is 25.7 Å². The summed E-state index contributed by atoms with van der Waals surface area (Å²) >= 11 is 0. The number of ether oxygens (including phenoxy) is 1. The fourth-order valence-electron chi connectivity index (χ4n) is 5.88. The first-order chi connectivity index (χ1) is 19.9. The minimum absolute atomic E-state index is 0.0857. The number of aromatic nitrogens is 4. The molecule has 0 aliphatic carbocycles. The van der Waals surface area contributed by atoms with Gasteiger partial charge in [0.2, 0.25) is 17.8 Å². The number of imidazole rings is 1. The third-order valence-electron chi connectivity index (χ3n) is 8.15. The van der Waals surface area contributed by atoms with Crippen molar-refractivity contribution in [2.24, 2.45) is 11.8 Å². The first-order valence-corrected chi connectivity index (χ1v) is 14.1. The molecule has 0 radical (unpaired) electrons. The van der Waals surface area contributed by atoms with Gasteiger partial charge in [-0.3, -0.25) is 14.2 Å². The van der Waals surface area contributed by atoms with Gasteiger partial charge in [-0.25, -0.2) is 13.8 Å². The van der Waals surface area contributed by atoms with Crippen LogP contribution in [0.2, 0.25) is 0 Å². The Bertz CT molecular complexity index is 1430. The van der Waals surface area contributed by atoms with Crippen molar-refractivity contribution in [3.05, 3.63) is 36.2 Å². The fraction of sp³-hybridized carbons (Fsp3) is 0.536. The van der Waals surface area contributed by atoms with E-state index in [4.69, 9.17) is 14.7 Å². The standard InChI is InChI=1S/C28H34F2N8O3/c1-35-17-19(6-7-24(35)39)27(40)37-9-8-18(16-37)15-31-22-14-23(34-28(33-22)36-10-12-41-13-11-36)38-21-5-3-2-4-20(21)32-26(38)25(29)30/h2-5,14,18-19,25H,6-13,15-17H2,1H3,(H,31,33,34)/t18-,19?/m1/s1. The molecular formula is C28H34F2N8O3. The molecule has 1 N–H and O–H groups in total. The van der Waals surface area contributed by atoms with E-state index in [0.29, 0.717) is 93.9 Å². The van der Waals surface area contributed by atoms with E-state index in [9.17, 15) is 18.4 Å². The van der Waals surface area contributed by atoms with Gasteiger partial charge in [0, 0.05) is 58.8 Å². The Hall–Kier alpha value is -3.87. The second-order valence-electron chi connectivity index (χ2n) is 10.9. The highest BCUT2D eigenvalue weighted by Crippen LogP contribution is 2.30. The number of hydrogen-bond donors (Lipinski definition) is 1. The minimum atomic E-state index is -2.79. The number of carbonyl (C=O) groups excluding carboxylic acids is 2. The van der Waals surface area contributed by atoms with Crippen molar-refractivity contribution in [3.63, 3.8) is 0 Å². The molecule has 41 heavy (non-hydrogen) atoms. The molecule has 5 heterocycles. The SMILES string of the molecule is CN1CC(C(=O)N2CC[C@H](CNc3cc(-n4c(C(F)F)nc5ccccc54)nc(N4CCOCC4)n3)C2)CCC1=O. The summed E-state index contributed by atoms with van der Waals surface area (Å²) in [6.45, 7) is 4.58. The minimum Gasteiger partial charge on any atom is -0.378 e. The lowest BCUT2D eigenvalue weighted by Crippen LogP contribution is -2.45. The number of benzene rings is 1. The van der Waals surface area contributed by atoms with Crippen LogP contribution in [0.4, 0.5) is 20.5 Å². The number of hydrogen-bond acceptors (Lipinski definition) is 8. The number of halogens is 2. The van der Waals surface area contributed by atoms with Gasteiger partial charge in [0.05, 0.1) is 30.2 Å². The highest BCUT2D eigenvalue weighted by molar-refractivity contribution is 5.84. The van der Waals surface area contributed by atoms with Crippen LogP contribution in [0.25, 0.3) is 16.9 Å². The van der Waals surface area contributed by atoms with E-state index in [1.807, 2.05) is 9.80 Å². The van der Waals surface area contributed by atoms with Crippen LogP contribution in [0.15, 0.2) is 30.3 Å².